The Kier molecular flexibility index (Phi) is 7.15. The molecule has 2 rings (SSSR count). The lowest BCUT2D eigenvalue weighted by Crippen LogP contribution is -1.89. The standard InChI is InChI=1S/C7H5BrF2O.C6H2Br2F2/c1-11-7-2-4(8)5(9)3-6(7)10;7-3-1-4(8)6(10)2-5(3)9/h2-3H,1H3;1-2H. The van der Waals surface area contributed by atoms with E-state index in [0.29, 0.717) is 0 Å². The molecule has 0 saturated heterocycles. The van der Waals surface area contributed by atoms with Crippen LogP contribution in [0.25, 0.3) is 0 Å². The van der Waals surface area contributed by atoms with Crippen LogP contribution in [0.1, 0.15) is 0 Å². The van der Waals surface area contributed by atoms with E-state index in [-0.39, 0.29) is 19.2 Å². The second kappa shape index (κ2) is 8.14. The van der Waals surface area contributed by atoms with Gasteiger partial charge in [-0.3, -0.25) is 0 Å². The van der Waals surface area contributed by atoms with E-state index in [4.69, 9.17) is 0 Å². The SMILES string of the molecule is COc1cc(Br)c(F)cc1F.Fc1cc(F)c(Br)cc1Br. The third-order valence-corrected chi connectivity index (χ3v) is 3.98. The Labute approximate surface area is 143 Å². The van der Waals surface area contributed by atoms with Crippen molar-refractivity contribution in [2.24, 2.45) is 0 Å². The van der Waals surface area contributed by atoms with Gasteiger partial charge in [-0.05, 0) is 53.9 Å². The number of halogens is 7. The minimum Gasteiger partial charge on any atom is -0.494 e. The van der Waals surface area contributed by atoms with Gasteiger partial charge >= 0.3 is 0 Å². The van der Waals surface area contributed by atoms with Gasteiger partial charge in [0.25, 0.3) is 0 Å². The van der Waals surface area contributed by atoms with Crippen molar-refractivity contribution >= 4 is 47.8 Å². The third-order valence-electron chi connectivity index (χ3n) is 2.16. The van der Waals surface area contributed by atoms with Crippen molar-refractivity contribution in [1.29, 1.82) is 0 Å². The van der Waals surface area contributed by atoms with Crippen molar-refractivity contribution in [3.8, 4) is 5.75 Å². The zero-order chi connectivity index (χ0) is 16.2. The summed E-state index contributed by atoms with van der Waals surface area (Å²) in [6.45, 7) is 0. The van der Waals surface area contributed by atoms with Gasteiger partial charge in [0.1, 0.15) is 17.5 Å². The van der Waals surface area contributed by atoms with Crippen molar-refractivity contribution in [2.75, 3.05) is 7.11 Å². The molecule has 0 aromatic heterocycles. The molecule has 2 aromatic rings. The number of rotatable bonds is 1. The van der Waals surface area contributed by atoms with E-state index in [0.717, 1.165) is 12.1 Å². The molecule has 0 bridgehead atoms. The first kappa shape index (κ1) is 18.4. The van der Waals surface area contributed by atoms with Gasteiger partial charge < -0.3 is 4.74 Å². The summed E-state index contributed by atoms with van der Waals surface area (Å²) < 4.78 is 55.4. The second-order valence-corrected chi connectivity index (χ2v) is 6.14. The molecule has 114 valence electrons. The molecule has 8 heteroatoms. The topological polar surface area (TPSA) is 9.23 Å². The highest BCUT2D eigenvalue weighted by molar-refractivity contribution is 9.11. The number of hydrogen-bond donors (Lipinski definition) is 0. The molecule has 21 heavy (non-hydrogen) atoms. The molecule has 0 aliphatic carbocycles. The molecule has 2 aromatic carbocycles. The average Bonchev–Trinajstić information content (AvgIpc) is 2.41. The fourth-order valence-electron chi connectivity index (χ4n) is 1.16. The number of hydrogen-bond acceptors (Lipinski definition) is 1. The first-order valence-corrected chi connectivity index (χ1v) is 7.62. The second-order valence-electron chi connectivity index (χ2n) is 3.58. The van der Waals surface area contributed by atoms with Crippen LogP contribution in [0.3, 0.4) is 0 Å². The zero-order valence-corrected chi connectivity index (χ0v) is 15.1. The number of benzene rings is 2. The molecule has 0 spiro atoms. The van der Waals surface area contributed by atoms with Gasteiger partial charge in [-0.2, -0.15) is 0 Å². The largest absolute Gasteiger partial charge is 0.494 e. The van der Waals surface area contributed by atoms with Gasteiger partial charge in [0.15, 0.2) is 11.6 Å². The maximum atomic E-state index is 12.6. The lowest BCUT2D eigenvalue weighted by molar-refractivity contribution is 0.383. The molecular formula is C13H7Br3F4O. The van der Waals surface area contributed by atoms with E-state index >= 15 is 0 Å². The van der Waals surface area contributed by atoms with Gasteiger partial charge in [0, 0.05) is 18.2 Å². The molecule has 0 saturated carbocycles. The van der Waals surface area contributed by atoms with Gasteiger partial charge in [-0.25, -0.2) is 17.6 Å². The van der Waals surface area contributed by atoms with E-state index < -0.39 is 23.3 Å². The van der Waals surface area contributed by atoms with Crippen LogP contribution >= 0.6 is 47.8 Å². The van der Waals surface area contributed by atoms with Crippen molar-refractivity contribution in [3.63, 3.8) is 0 Å². The molecular weight excluding hydrogens is 488 g/mol. The molecule has 0 atom stereocenters. The summed E-state index contributed by atoms with van der Waals surface area (Å²) in [6.07, 6.45) is 0. The maximum absolute atomic E-state index is 12.6. The highest BCUT2D eigenvalue weighted by Gasteiger charge is 2.07. The molecule has 0 unspecified atom stereocenters. The van der Waals surface area contributed by atoms with Crippen LogP contribution in [-0.4, -0.2) is 7.11 Å². The Hall–Kier alpha value is -0.600. The lowest BCUT2D eigenvalue weighted by Gasteiger charge is -2.01. The predicted octanol–water partition coefficient (Wildman–Crippen LogP) is 6.23. The lowest BCUT2D eigenvalue weighted by atomic mass is 10.3. The highest BCUT2D eigenvalue weighted by Crippen LogP contribution is 2.25. The van der Waals surface area contributed by atoms with Crippen LogP contribution in [0.4, 0.5) is 17.6 Å². The predicted molar refractivity (Wildman–Crippen MR) is 82.4 cm³/mol. The molecule has 1 nitrogen and oxygen atoms in total. The fourth-order valence-corrected chi connectivity index (χ4v) is 2.48. The Morgan fingerprint density at radius 3 is 1.43 bits per heavy atom. The van der Waals surface area contributed by atoms with Crippen LogP contribution in [0.2, 0.25) is 0 Å². The van der Waals surface area contributed by atoms with Gasteiger partial charge in [0.2, 0.25) is 0 Å². The fraction of sp³-hybridized carbons (Fsp3) is 0.0769. The smallest absolute Gasteiger partial charge is 0.168 e. The van der Waals surface area contributed by atoms with Gasteiger partial charge in [0.05, 0.1) is 20.5 Å². The Balaban J connectivity index is 0.000000211. The molecule has 0 aliphatic heterocycles. The van der Waals surface area contributed by atoms with Crippen LogP contribution < -0.4 is 4.74 Å². The average molecular weight is 495 g/mol. The van der Waals surface area contributed by atoms with E-state index in [1.807, 2.05) is 0 Å². The van der Waals surface area contributed by atoms with Crippen LogP contribution in [0, 0.1) is 23.3 Å². The van der Waals surface area contributed by atoms with Crippen LogP contribution in [0.5, 0.6) is 5.75 Å². The molecule has 0 fully saturated rings. The van der Waals surface area contributed by atoms with Crippen molar-refractivity contribution in [1.82, 2.24) is 0 Å². The zero-order valence-electron chi connectivity index (χ0n) is 10.4. The van der Waals surface area contributed by atoms with E-state index in [1.54, 1.807) is 0 Å². The summed E-state index contributed by atoms with van der Waals surface area (Å²) in [5, 5.41) is 0. The van der Waals surface area contributed by atoms with E-state index in [2.05, 4.69) is 52.5 Å². The normalized spacial score (nSPS) is 9.90. The van der Waals surface area contributed by atoms with Gasteiger partial charge in [-0.15, -0.1) is 0 Å². The first-order chi connectivity index (χ1) is 9.76. The highest BCUT2D eigenvalue weighted by atomic mass is 79.9. The maximum Gasteiger partial charge on any atom is 0.168 e. The Bertz CT molecular complexity index is 600. The van der Waals surface area contributed by atoms with Crippen LogP contribution in [0.15, 0.2) is 37.7 Å². The monoisotopic (exact) mass is 492 g/mol. The Morgan fingerprint density at radius 1 is 0.667 bits per heavy atom. The molecule has 0 heterocycles. The minimum absolute atomic E-state index is 0.0262. The van der Waals surface area contributed by atoms with E-state index in [9.17, 15) is 17.6 Å². The van der Waals surface area contributed by atoms with Crippen molar-refractivity contribution in [2.45, 2.75) is 0 Å². The number of ether oxygens (including phenoxy) is 1. The molecule has 0 N–H and O–H groups in total. The molecule has 0 radical (unpaired) electrons. The van der Waals surface area contributed by atoms with Crippen molar-refractivity contribution < 1.29 is 22.3 Å². The molecule has 0 aliphatic rings. The first-order valence-electron chi connectivity index (χ1n) is 5.24. The van der Waals surface area contributed by atoms with E-state index in [1.165, 1.54) is 19.2 Å². The third kappa shape index (κ3) is 5.27. The summed E-state index contributed by atoms with van der Waals surface area (Å²) >= 11 is 8.72. The quantitative estimate of drug-likeness (QED) is 0.337. The molecule has 0 amide bonds. The summed E-state index contributed by atoms with van der Waals surface area (Å²) in [4.78, 5) is 0. The summed E-state index contributed by atoms with van der Waals surface area (Å²) in [5.74, 6) is -2.50. The minimum atomic E-state index is -0.701. The van der Waals surface area contributed by atoms with Crippen LogP contribution in [-0.2, 0) is 0 Å². The summed E-state index contributed by atoms with van der Waals surface area (Å²) in [6, 6.07) is 4.15. The Morgan fingerprint density at radius 2 is 1.05 bits per heavy atom. The number of methoxy groups -OCH3 is 1. The summed E-state index contributed by atoms with van der Waals surface area (Å²) in [7, 11) is 1.32. The summed E-state index contributed by atoms with van der Waals surface area (Å²) in [5.41, 5.74) is 0. The van der Waals surface area contributed by atoms with Crippen molar-refractivity contribution in [3.05, 3.63) is 61.0 Å². The van der Waals surface area contributed by atoms with Gasteiger partial charge in [-0.1, -0.05) is 0 Å².